The first-order chi connectivity index (χ1) is 8.40. The van der Waals surface area contributed by atoms with E-state index in [-0.39, 0.29) is 11.8 Å². The lowest BCUT2D eigenvalue weighted by atomic mass is 9.75. The molecule has 0 aliphatic carbocycles. The van der Waals surface area contributed by atoms with Gasteiger partial charge in [-0.3, -0.25) is 4.79 Å². The molecule has 18 heavy (non-hydrogen) atoms. The molecule has 2 N–H and O–H groups in total. The standard InChI is InChI=1S/C15H30N2O/c1-5-6-12(11-16)14(18)17-9-7-13(8-10-17)15(2,3)4/h12-13H,5-11,16H2,1-4H3. The van der Waals surface area contributed by atoms with Gasteiger partial charge in [0.25, 0.3) is 0 Å². The number of rotatable bonds is 4. The maximum atomic E-state index is 12.3. The summed E-state index contributed by atoms with van der Waals surface area (Å²) in [5.41, 5.74) is 6.08. The maximum absolute atomic E-state index is 12.3. The molecule has 0 aromatic carbocycles. The van der Waals surface area contributed by atoms with E-state index in [1.807, 2.05) is 4.90 Å². The Labute approximate surface area is 112 Å². The second-order valence-corrected chi connectivity index (χ2v) is 6.69. The molecule has 0 bridgehead atoms. The molecule has 1 aliphatic heterocycles. The van der Waals surface area contributed by atoms with Crippen LogP contribution in [-0.4, -0.2) is 30.4 Å². The Bertz CT molecular complexity index is 262. The van der Waals surface area contributed by atoms with Crippen LogP contribution in [0, 0.1) is 17.3 Å². The van der Waals surface area contributed by atoms with Crippen molar-refractivity contribution in [3.8, 4) is 0 Å². The van der Waals surface area contributed by atoms with Crippen LogP contribution in [0.5, 0.6) is 0 Å². The van der Waals surface area contributed by atoms with Crippen LogP contribution in [0.15, 0.2) is 0 Å². The zero-order chi connectivity index (χ0) is 13.8. The number of likely N-dealkylation sites (tertiary alicyclic amines) is 1. The maximum Gasteiger partial charge on any atom is 0.226 e. The Morgan fingerprint density at radius 2 is 1.89 bits per heavy atom. The first-order valence-electron chi connectivity index (χ1n) is 7.39. The van der Waals surface area contributed by atoms with Crippen molar-refractivity contribution in [2.45, 2.75) is 53.4 Å². The predicted octanol–water partition coefficient (Wildman–Crippen LogP) is 2.65. The Kier molecular flexibility index (Phi) is 5.64. The van der Waals surface area contributed by atoms with Gasteiger partial charge in [0.05, 0.1) is 5.92 Å². The first kappa shape index (κ1) is 15.5. The van der Waals surface area contributed by atoms with Crippen LogP contribution in [0.1, 0.15) is 53.4 Å². The zero-order valence-corrected chi connectivity index (χ0v) is 12.5. The van der Waals surface area contributed by atoms with Crippen molar-refractivity contribution in [2.24, 2.45) is 23.0 Å². The van der Waals surface area contributed by atoms with Crippen LogP contribution in [0.3, 0.4) is 0 Å². The van der Waals surface area contributed by atoms with Gasteiger partial charge in [-0.2, -0.15) is 0 Å². The summed E-state index contributed by atoms with van der Waals surface area (Å²) in [4.78, 5) is 14.4. The highest BCUT2D eigenvalue weighted by molar-refractivity contribution is 5.79. The summed E-state index contributed by atoms with van der Waals surface area (Å²) in [6.07, 6.45) is 4.23. The Hall–Kier alpha value is -0.570. The molecule has 1 saturated heterocycles. The fourth-order valence-corrected chi connectivity index (χ4v) is 2.91. The Morgan fingerprint density at radius 1 is 1.33 bits per heavy atom. The molecule has 1 amide bonds. The molecule has 1 unspecified atom stereocenters. The molecule has 0 spiro atoms. The van der Waals surface area contributed by atoms with Crippen LogP contribution >= 0.6 is 0 Å². The third-order valence-corrected chi connectivity index (χ3v) is 4.30. The molecule has 3 heteroatoms. The van der Waals surface area contributed by atoms with Gasteiger partial charge < -0.3 is 10.6 Å². The van der Waals surface area contributed by atoms with Gasteiger partial charge in [0.2, 0.25) is 5.91 Å². The largest absolute Gasteiger partial charge is 0.342 e. The van der Waals surface area contributed by atoms with Crippen molar-refractivity contribution in [1.82, 2.24) is 4.90 Å². The zero-order valence-electron chi connectivity index (χ0n) is 12.5. The summed E-state index contributed by atoms with van der Waals surface area (Å²) < 4.78 is 0. The molecule has 0 saturated carbocycles. The van der Waals surface area contributed by atoms with E-state index < -0.39 is 0 Å². The van der Waals surface area contributed by atoms with Gasteiger partial charge >= 0.3 is 0 Å². The second kappa shape index (κ2) is 6.55. The van der Waals surface area contributed by atoms with Crippen molar-refractivity contribution in [2.75, 3.05) is 19.6 Å². The highest BCUT2D eigenvalue weighted by Crippen LogP contribution is 2.34. The Balaban J connectivity index is 2.49. The van der Waals surface area contributed by atoms with E-state index in [0.29, 0.717) is 12.0 Å². The van der Waals surface area contributed by atoms with Gasteiger partial charge in [0, 0.05) is 19.6 Å². The van der Waals surface area contributed by atoms with Crippen LogP contribution in [0.4, 0.5) is 0 Å². The van der Waals surface area contributed by atoms with E-state index in [0.717, 1.165) is 44.7 Å². The molecule has 1 atom stereocenters. The molecule has 1 aliphatic rings. The molecule has 3 nitrogen and oxygen atoms in total. The third kappa shape index (κ3) is 3.98. The van der Waals surface area contributed by atoms with Crippen molar-refractivity contribution in [3.63, 3.8) is 0 Å². The third-order valence-electron chi connectivity index (χ3n) is 4.30. The highest BCUT2D eigenvalue weighted by Gasteiger charge is 2.32. The SMILES string of the molecule is CCCC(CN)C(=O)N1CCC(C(C)(C)C)CC1. The molecular weight excluding hydrogens is 224 g/mol. The summed E-state index contributed by atoms with van der Waals surface area (Å²) in [6, 6.07) is 0. The minimum atomic E-state index is 0.0428. The average Bonchev–Trinajstić information content (AvgIpc) is 2.34. The van der Waals surface area contributed by atoms with E-state index >= 15 is 0 Å². The van der Waals surface area contributed by atoms with Gasteiger partial charge in [0.15, 0.2) is 0 Å². The number of amides is 1. The van der Waals surface area contributed by atoms with Crippen molar-refractivity contribution in [3.05, 3.63) is 0 Å². The number of hydrogen-bond donors (Lipinski definition) is 1. The molecular formula is C15H30N2O. The van der Waals surface area contributed by atoms with Crippen molar-refractivity contribution in [1.29, 1.82) is 0 Å². The minimum Gasteiger partial charge on any atom is -0.342 e. The van der Waals surface area contributed by atoms with Gasteiger partial charge in [0.1, 0.15) is 0 Å². The first-order valence-corrected chi connectivity index (χ1v) is 7.39. The fourth-order valence-electron chi connectivity index (χ4n) is 2.91. The minimum absolute atomic E-state index is 0.0428. The van der Waals surface area contributed by atoms with Crippen molar-refractivity contribution >= 4 is 5.91 Å². The average molecular weight is 254 g/mol. The summed E-state index contributed by atoms with van der Waals surface area (Å²) in [5, 5.41) is 0. The molecule has 1 fully saturated rings. The number of carbonyl (C=O) groups excluding carboxylic acids is 1. The van der Waals surface area contributed by atoms with E-state index in [9.17, 15) is 4.79 Å². The topological polar surface area (TPSA) is 46.3 Å². The lowest BCUT2D eigenvalue weighted by Gasteiger charge is -2.39. The number of carbonyl (C=O) groups is 1. The molecule has 0 radical (unpaired) electrons. The summed E-state index contributed by atoms with van der Waals surface area (Å²) in [5.74, 6) is 1.07. The van der Waals surface area contributed by atoms with Gasteiger partial charge in [-0.15, -0.1) is 0 Å². The van der Waals surface area contributed by atoms with Crippen LogP contribution < -0.4 is 5.73 Å². The van der Waals surface area contributed by atoms with Crippen LogP contribution in [-0.2, 0) is 4.79 Å². The predicted molar refractivity (Wildman–Crippen MR) is 76.2 cm³/mol. The molecule has 0 aromatic rings. The summed E-state index contributed by atoms with van der Waals surface area (Å²) in [6.45, 7) is 11.3. The molecule has 0 aromatic heterocycles. The summed E-state index contributed by atoms with van der Waals surface area (Å²) >= 11 is 0. The van der Waals surface area contributed by atoms with Crippen LogP contribution in [0.2, 0.25) is 0 Å². The van der Waals surface area contributed by atoms with E-state index in [4.69, 9.17) is 5.73 Å². The molecule has 106 valence electrons. The van der Waals surface area contributed by atoms with Crippen molar-refractivity contribution < 1.29 is 4.79 Å². The fraction of sp³-hybridized carbons (Fsp3) is 0.933. The molecule has 1 heterocycles. The van der Waals surface area contributed by atoms with E-state index in [1.165, 1.54) is 0 Å². The lowest BCUT2D eigenvalue weighted by Crippen LogP contribution is -2.45. The lowest BCUT2D eigenvalue weighted by molar-refractivity contribution is -0.137. The van der Waals surface area contributed by atoms with E-state index in [1.54, 1.807) is 0 Å². The van der Waals surface area contributed by atoms with Gasteiger partial charge in [-0.05, 0) is 30.6 Å². The number of hydrogen-bond acceptors (Lipinski definition) is 2. The number of nitrogens with zero attached hydrogens (tertiary/aromatic N) is 1. The highest BCUT2D eigenvalue weighted by atomic mass is 16.2. The molecule has 1 rings (SSSR count). The smallest absolute Gasteiger partial charge is 0.226 e. The van der Waals surface area contributed by atoms with Crippen LogP contribution in [0.25, 0.3) is 0 Å². The monoisotopic (exact) mass is 254 g/mol. The van der Waals surface area contributed by atoms with Gasteiger partial charge in [-0.25, -0.2) is 0 Å². The normalized spacial score (nSPS) is 19.9. The number of piperidine rings is 1. The Morgan fingerprint density at radius 3 is 2.28 bits per heavy atom. The summed E-state index contributed by atoms with van der Waals surface area (Å²) in [7, 11) is 0. The second-order valence-electron chi connectivity index (χ2n) is 6.69. The quantitative estimate of drug-likeness (QED) is 0.838. The van der Waals surface area contributed by atoms with E-state index in [2.05, 4.69) is 27.7 Å². The number of nitrogens with two attached hydrogens (primary N) is 1. The van der Waals surface area contributed by atoms with Gasteiger partial charge in [-0.1, -0.05) is 34.1 Å².